The van der Waals surface area contributed by atoms with Gasteiger partial charge in [0.15, 0.2) is 6.10 Å². The van der Waals surface area contributed by atoms with Gasteiger partial charge in [0, 0.05) is 0 Å². The molecule has 1 aromatic heterocycles. The van der Waals surface area contributed by atoms with E-state index in [9.17, 15) is 4.79 Å². The minimum absolute atomic E-state index is 0.101. The van der Waals surface area contributed by atoms with Crippen molar-refractivity contribution < 1.29 is 14.6 Å². The summed E-state index contributed by atoms with van der Waals surface area (Å²) in [5.74, 6) is -0.888. The molecule has 6 heteroatoms. The van der Waals surface area contributed by atoms with Gasteiger partial charge in [0.1, 0.15) is 5.52 Å². The Balaban J connectivity index is 1.76. The van der Waals surface area contributed by atoms with Crippen molar-refractivity contribution in [1.29, 1.82) is 0 Å². The first-order chi connectivity index (χ1) is 8.74. The van der Waals surface area contributed by atoms with E-state index in [0.29, 0.717) is 13.0 Å². The quantitative estimate of drug-likeness (QED) is 0.877. The number of ether oxygens (including phenoxy) is 1. The van der Waals surface area contributed by atoms with Crippen molar-refractivity contribution in [1.82, 2.24) is 15.0 Å². The Labute approximate surface area is 103 Å². The molecule has 3 rings (SSSR count). The first-order valence-corrected chi connectivity index (χ1v) is 5.90. The maximum Gasteiger partial charge on any atom is 0.332 e. The van der Waals surface area contributed by atoms with Gasteiger partial charge >= 0.3 is 5.97 Å². The summed E-state index contributed by atoms with van der Waals surface area (Å²) >= 11 is 0. The molecule has 6 nitrogen and oxygen atoms in total. The maximum atomic E-state index is 10.8. The predicted octanol–water partition coefficient (Wildman–Crippen LogP) is 1.06. The zero-order valence-corrected chi connectivity index (χ0v) is 9.69. The first kappa shape index (κ1) is 11.2. The Morgan fingerprint density at radius 2 is 2.28 bits per heavy atom. The molecule has 2 aromatic rings. The van der Waals surface area contributed by atoms with Gasteiger partial charge in [0.2, 0.25) is 0 Å². The molecule has 18 heavy (non-hydrogen) atoms. The molecule has 1 N–H and O–H groups in total. The number of rotatable bonds is 3. The lowest BCUT2D eigenvalue weighted by molar-refractivity contribution is -0.149. The molecule has 0 amide bonds. The van der Waals surface area contributed by atoms with Crippen LogP contribution in [0.2, 0.25) is 0 Å². The summed E-state index contributed by atoms with van der Waals surface area (Å²) in [6.45, 7) is 0.546. The van der Waals surface area contributed by atoms with Crippen LogP contribution in [0.4, 0.5) is 0 Å². The molecule has 0 saturated carbocycles. The fourth-order valence-electron chi connectivity index (χ4n) is 2.27. The van der Waals surface area contributed by atoms with E-state index in [4.69, 9.17) is 9.84 Å². The van der Waals surface area contributed by atoms with Crippen molar-refractivity contribution in [3.05, 3.63) is 24.3 Å². The van der Waals surface area contributed by atoms with E-state index in [0.717, 1.165) is 17.5 Å². The third-order valence-corrected chi connectivity index (χ3v) is 3.18. The lowest BCUT2D eigenvalue weighted by Crippen LogP contribution is -2.23. The number of aromatic nitrogens is 3. The molecule has 94 valence electrons. The maximum absolute atomic E-state index is 10.8. The number of carbonyl (C=O) groups is 1. The monoisotopic (exact) mass is 247 g/mol. The Morgan fingerprint density at radius 3 is 3.06 bits per heavy atom. The molecular weight excluding hydrogens is 234 g/mol. The molecule has 0 radical (unpaired) electrons. The number of carboxylic acids is 1. The highest BCUT2D eigenvalue weighted by Gasteiger charge is 2.30. The molecule has 1 aliphatic heterocycles. The van der Waals surface area contributed by atoms with Crippen LogP contribution >= 0.6 is 0 Å². The molecule has 0 spiro atoms. The predicted molar refractivity (Wildman–Crippen MR) is 63.1 cm³/mol. The van der Waals surface area contributed by atoms with Crippen LogP contribution in [-0.4, -0.2) is 38.3 Å². The number of hydrogen-bond donors (Lipinski definition) is 1. The zero-order valence-electron chi connectivity index (χ0n) is 9.69. The number of carboxylic acid groups (broad SMARTS) is 1. The van der Waals surface area contributed by atoms with E-state index < -0.39 is 12.1 Å². The summed E-state index contributed by atoms with van der Waals surface area (Å²) in [6, 6.07) is 7.68. The van der Waals surface area contributed by atoms with E-state index in [1.165, 1.54) is 0 Å². The van der Waals surface area contributed by atoms with Crippen molar-refractivity contribution in [2.24, 2.45) is 0 Å². The average Bonchev–Trinajstić information content (AvgIpc) is 2.98. The van der Waals surface area contributed by atoms with Gasteiger partial charge in [-0.2, -0.15) is 0 Å². The Bertz CT molecular complexity index is 581. The van der Waals surface area contributed by atoms with Crippen molar-refractivity contribution in [3.8, 4) is 0 Å². The van der Waals surface area contributed by atoms with Crippen LogP contribution < -0.4 is 0 Å². The van der Waals surface area contributed by atoms with E-state index in [-0.39, 0.29) is 6.10 Å². The number of hydrogen-bond acceptors (Lipinski definition) is 4. The van der Waals surface area contributed by atoms with Gasteiger partial charge in [-0.1, -0.05) is 17.3 Å². The summed E-state index contributed by atoms with van der Waals surface area (Å²) in [6.07, 6.45) is 0.526. The Hall–Kier alpha value is -1.95. The van der Waals surface area contributed by atoms with Gasteiger partial charge in [-0.15, -0.1) is 5.10 Å². The molecule has 1 fully saturated rings. The summed E-state index contributed by atoms with van der Waals surface area (Å²) in [5, 5.41) is 17.0. The van der Waals surface area contributed by atoms with Gasteiger partial charge < -0.3 is 9.84 Å². The molecule has 2 atom stereocenters. The summed E-state index contributed by atoms with van der Waals surface area (Å²) in [7, 11) is 0. The molecule has 2 heterocycles. The second-order valence-electron chi connectivity index (χ2n) is 4.42. The van der Waals surface area contributed by atoms with Crippen LogP contribution in [0.15, 0.2) is 24.3 Å². The standard InChI is InChI=1S/C12H13N3O3/c16-12(17)11-6-5-8(18-11)7-15-10-4-2-1-3-9(10)13-14-15/h1-4,8,11H,5-7H2,(H,16,17). The van der Waals surface area contributed by atoms with Crippen molar-refractivity contribution in [3.63, 3.8) is 0 Å². The topological polar surface area (TPSA) is 77.2 Å². The molecule has 0 aliphatic carbocycles. The van der Waals surface area contributed by atoms with Crippen molar-refractivity contribution in [2.45, 2.75) is 31.6 Å². The molecule has 2 unspecified atom stereocenters. The Kier molecular flexibility index (Phi) is 2.71. The molecule has 1 aliphatic rings. The van der Waals surface area contributed by atoms with E-state index in [1.807, 2.05) is 24.3 Å². The lowest BCUT2D eigenvalue weighted by atomic mass is 10.2. The molecular formula is C12H13N3O3. The van der Waals surface area contributed by atoms with Gasteiger partial charge in [-0.05, 0) is 25.0 Å². The van der Waals surface area contributed by atoms with Crippen LogP contribution in [-0.2, 0) is 16.1 Å². The van der Waals surface area contributed by atoms with Crippen molar-refractivity contribution in [2.75, 3.05) is 0 Å². The fraction of sp³-hybridized carbons (Fsp3) is 0.417. The largest absolute Gasteiger partial charge is 0.479 e. The van der Waals surface area contributed by atoms with Crippen molar-refractivity contribution >= 4 is 17.0 Å². The fourth-order valence-corrected chi connectivity index (χ4v) is 2.27. The zero-order chi connectivity index (χ0) is 12.5. The van der Waals surface area contributed by atoms with Gasteiger partial charge in [0.05, 0.1) is 18.2 Å². The highest BCUT2D eigenvalue weighted by Crippen LogP contribution is 2.22. The van der Waals surface area contributed by atoms with Crippen LogP contribution in [0.1, 0.15) is 12.8 Å². The van der Waals surface area contributed by atoms with Crippen LogP contribution in [0, 0.1) is 0 Å². The number of fused-ring (bicyclic) bond motifs is 1. The summed E-state index contributed by atoms with van der Waals surface area (Å²) in [5.41, 5.74) is 1.78. The van der Waals surface area contributed by atoms with Gasteiger partial charge in [0.25, 0.3) is 0 Å². The third kappa shape index (κ3) is 1.95. The van der Waals surface area contributed by atoms with E-state index in [2.05, 4.69) is 10.3 Å². The van der Waals surface area contributed by atoms with Crippen LogP contribution in [0.5, 0.6) is 0 Å². The molecule has 1 aromatic carbocycles. The van der Waals surface area contributed by atoms with Gasteiger partial charge in [-0.25, -0.2) is 9.48 Å². The second kappa shape index (κ2) is 4.38. The minimum Gasteiger partial charge on any atom is -0.479 e. The van der Waals surface area contributed by atoms with Crippen LogP contribution in [0.3, 0.4) is 0 Å². The van der Waals surface area contributed by atoms with Gasteiger partial charge in [-0.3, -0.25) is 0 Å². The average molecular weight is 247 g/mol. The lowest BCUT2D eigenvalue weighted by Gasteiger charge is -2.11. The normalized spacial score (nSPS) is 23.6. The highest BCUT2D eigenvalue weighted by molar-refractivity contribution is 5.74. The Morgan fingerprint density at radius 1 is 1.44 bits per heavy atom. The molecule has 1 saturated heterocycles. The van der Waals surface area contributed by atoms with E-state index in [1.54, 1.807) is 4.68 Å². The summed E-state index contributed by atoms with van der Waals surface area (Å²) < 4.78 is 7.23. The number of aliphatic carboxylic acids is 1. The summed E-state index contributed by atoms with van der Waals surface area (Å²) in [4.78, 5) is 10.8. The second-order valence-corrected chi connectivity index (χ2v) is 4.42. The highest BCUT2D eigenvalue weighted by atomic mass is 16.5. The number of benzene rings is 1. The number of nitrogens with zero attached hydrogens (tertiary/aromatic N) is 3. The van der Waals surface area contributed by atoms with Crippen LogP contribution in [0.25, 0.3) is 11.0 Å². The molecule has 0 bridgehead atoms. The third-order valence-electron chi connectivity index (χ3n) is 3.18. The smallest absolute Gasteiger partial charge is 0.332 e. The SMILES string of the molecule is O=C(O)C1CCC(Cn2nnc3ccccc32)O1. The number of para-hydroxylation sites is 1. The van der Waals surface area contributed by atoms with E-state index >= 15 is 0 Å². The first-order valence-electron chi connectivity index (χ1n) is 5.90. The minimum atomic E-state index is -0.888.